The van der Waals surface area contributed by atoms with Crippen LogP contribution in [0.2, 0.25) is 0 Å². The van der Waals surface area contributed by atoms with E-state index in [1.165, 1.54) is 0 Å². The van der Waals surface area contributed by atoms with Crippen LogP contribution in [0, 0.1) is 0 Å². The highest BCUT2D eigenvalue weighted by atomic mass is 16.1. The van der Waals surface area contributed by atoms with Gasteiger partial charge >= 0.3 is 0 Å². The molecule has 0 aliphatic rings. The van der Waals surface area contributed by atoms with Gasteiger partial charge in [0.25, 0.3) is 0 Å². The molecule has 2 aromatic rings. The Balaban J connectivity index is 2.06. The monoisotopic (exact) mass is 244 g/mol. The number of amides is 1. The highest BCUT2D eigenvalue weighted by Crippen LogP contribution is 2.07. The quantitative estimate of drug-likeness (QED) is 0.804. The molecule has 0 aliphatic carbocycles. The summed E-state index contributed by atoms with van der Waals surface area (Å²) in [6, 6.07) is 7.25. The van der Waals surface area contributed by atoms with E-state index in [2.05, 4.69) is 4.98 Å². The van der Waals surface area contributed by atoms with E-state index in [9.17, 15) is 4.79 Å². The van der Waals surface area contributed by atoms with E-state index in [-0.39, 0.29) is 0 Å². The van der Waals surface area contributed by atoms with Gasteiger partial charge in [0.1, 0.15) is 0 Å². The zero-order valence-electron chi connectivity index (χ0n) is 10.0. The van der Waals surface area contributed by atoms with Crippen molar-refractivity contribution in [2.45, 2.75) is 13.0 Å². The SMILES string of the molecule is NCCc1cn(Cc2ccc(C(N)=O)cc2)cn1. The van der Waals surface area contributed by atoms with Crippen LogP contribution in [0.3, 0.4) is 0 Å². The maximum absolute atomic E-state index is 10.9. The van der Waals surface area contributed by atoms with E-state index in [1.54, 1.807) is 18.5 Å². The first-order valence-electron chi connectivity index (χ1n) is 5.78. The number of aromatic nitrogens is 2. The number of carbonyl (C=O) groups is 1. The molecule has 0 aliphatic heterocycles. The maximum atomic E-state index is 10.9. The number of carbonyl (C=O) groups excluding carboxylic acids is 1. The molecule has 1 aromatic heterocycles. The Morgan fingerprint density at radius 3 is 2.61 bits per heavy atom. The summed E-state index contributed by atoms with van der Waals surface area (Å²) in [5, 5.41) is 0. The molecule has 0 spiro atoms. The van der Waals surface area contributed by atoms with Crippen LogP contribution in [-0.4, -0.2) is 22.0 Å². The number of benzene rings is 1. The fraction of sp³-hybridized carbons (Fsp3) is 0.231. The van der Waals surface area contributed by atoms with Gasteiger partial charge in [-0.15, -0.1) is 0 Å². The highest BCUT2D eigenvalue weighted by molar-refractivity contribution is 5.92. The van der Waals surface area contributed by atoms with E-state index in [0.717, 1.165) is 24.2 Å². The van der Waals surface area contributed by atoms with Crippen LogP contribution in [0.1, 0.15) is 21.6 Å². The second-order valence-electron chi connectivity index (χ2n) is 4.14. The van der Waals surface area contributed by atoms with Gasteiger partial charge in [-0.2, -0.15) is 0 Å². The molecule has 5 heteroatoms. The standard InChI is InChI=1S/C13H16N4O/c14-6-5-12-8-17(9-16-12)7-10-1-3-11(4-2-10)13(15)18/h1-4,8-9H,5-7,14H2,(H2,15,18). The van der Waals surface area contributed by atoms with Crippen molar-refractivity contribution in [2.24, 2.45) is 11.5 Å². The van der Waals surface area contributed by atoms with Crippen molar-refractivity contribution < 1.29 is 4.79 Å². The third-order valence-electron chi connectivity index (χ3n) is 2.69. The lowest BCUT2D eigenvalue weighted by Crippen LogP contribution is -2.10. The molecule has 0 fully saturated rings. The van der Waals surface area contributed by atoms with Crippen LogP contribution in [0.5, 0.6) is 0 Å². The Labute approximate surface area is 105 Å². The summed E-state index contributed by atoms with van der Waals surface area (Å²) >= 11 is 0. The zero-order chi connectivity index (χ0) is 13.0. The van der Waals surface area contributed by atoms with Gasteiger partial charge in [-0.05, 0) is 24.2 Å². The molecule has 5 nitrogen and oxygen atoms in total. The lowest BCUT2D eigenvalue weighted by atomic mass is 10.1. The summed E-state index contributed by atoms with van der Waals surface area (Å²) in [6.45, 7) is 1.32. The molecule has 0 radical (unpaired) electrons. The van der Waals surface area contributed by atoms with E-state index >= 15 is 0 Å². The normalized spacial score (nSPS) is 10.5. The van der Waals surface area contributed by atoms with Crippen molar-refractivity contribution in [1.29, 1.82) is 0 Å². The second-order valence-corrected chi connectivity index (χ2v) is 4.14. The smallest absolute Gasteiger partial charge is 0.248 e. The predicted octanol–water partition coefficient (Wildman–Crippen LogP) is 0.531. The number of imidazole rings is 1. The number of hydrogen-bond donors (Lipinski definition) is 2. The molecule has 4 N–H and O–H groups in total. The van der Waals surface area contributed by atoms with Gasteiger partial charge in [-0.3, -0.25) is 4.79 Å². The fourth-order valence-electron chi connectivity index (χ4n) is 1.76. The van der Waals surface area contributed by atoms with Crippen molar-refractivity contribution in [2.75, 3.05) is 6.54 Å². The molecule has 18 heavy (non-hydrogen) atoms. The minimum atomic E-state index is -0.408. The van der Waals surface area contributed by atoms with Gasteiger partial charge in [0.15, 0.2) is 0 Å². The van der Waals surface area contributed by atoms with Crippen LogP contribution in [0.25, 0.3) is 0 Å². The average Bonchev–Trinajstić information content (AvgIpc) is 2.78. The summed E-state index contributed by atoms with van der Waals surface area (Å²) in [5.41, 5.74) is 13.3. The molecular formula is C13H16N4O. The number of rotatable bonds is 5. The summed E-state index contributed by atoms with van der Waals surface area (Å²) < 4.78 is 1.99. The van der Waals surface area contributed by atoms with Crippen molar-refractivity contribution in [3.63, 3.8) is 0 Å². The molecule has 1 heterocycles. The first-order valence-corrected chi connectivity index (χ1v) is 5.78. The molecule has 0 unspecified atom stereocenters. The Morgan fingerprint density at radius 2 is 2.00 bits per heavy atom. The number of nitrogens with two attached hydrogens (primary N) is 2. The van der Waals surface area contributed by atoms with Gasteiger partial charge in [-0.1, -0.05) is 12.1 Å². The number of nitrogens with zero attached hydrogens (tertiary/aromatic N) is 2. The first kappa shape index (κ1) is 12.3. The Hall–Kier alpha value is -2.14. The second kappa shape index (κ2) is 5.46. The van der Waals surface area contributed by atoms with Gasteiger partial charge < -0.3 is 16.0 Å². The predicted molar refractivity (Wildman–Crippen MR) is 69.0 cm³/mol. The van der Waals surface area contributed by atoms with E-state index < -0.39 is 5.91 Å². The van der Waals surface area contributed by atoms with Crippen LogP contribution >= 0.6 is 0 Å². The maximum Gasteiger partial charge on any atom is 0.248 e. The minimum absolute atomic E-state index is 0.408. The van der Waals surface area contributed by atoms with E-state index in [0.29, 0.717) is 12.1 Å². The number of primary amides is 1. The third kappa shape index (κ3) is 2.95. The first-order chi connectivity index (χ1) is 8.69. The van der Waals surface area contributed by atoms with Crippen molar-refractivity contribution in [3.8, 4) is 0 Å². The van der Waals surface area contributed by atoms with Crippen molar-refractivity contribution in [3.05, 3.63) is 53.6 Å². The largest absolute Gasteiger partial charge is 0.366 e. The molecular weight excluding hydrogens is 228 g/mol. The summed E-state index contributed by atoms with van der Waals surface area (Å²) in [7, 11) is 0. The van der Waals surface area contributed by atoms with E-state index in [1.807, 2.05) is 22.9 Å². The van der Waals surface area contributed by atoms with Gasteiger partial charge in [-0.25, -0.2) is 4.98 Å². The third-order valence-corrected chi connectivity index (χ3v) is 2.69. The molecule has 0 atom stereocenters. The van der Waals surface area contributed by atoms with E-state index in [4.69, 9.17) is 11.5 Å². The molecule has 0 bridgehead atoms. The minimum Gasteiger partial charge on any atom is -0.366 e. The van der Waals surface area contributed by atoms with Crippen molar-refractivity contribution >= 4 is 5.91 Å². The number of hydrogen-bond acceptors (Lipinski definition) is 3. The molecule has 0 saturated carbocycles. The van der Waals surface area contributed by atoms with Gasteiger partial charge in [0, 0.05) is 24.7 Å². The van der Waals surface area contributed by atoms with Gasteiger partial charge in [0.2, 0.25) is 5.91 Å². The van der Waals surface area contributed by atoms with Gasteiger partial charge in [0.05, 0.1) is 12.0 Å². The molecule has 1 amide bonds. The summed E-state index contributed by atoms with van der Waals surface area (Å²) in [6.07, 6.45) is 4.55. The van der Waals surface area contributed by atoms with Crippen LogP contribution in [0.15, 0.2) is 36.8 Å². The Morgan fingerprint density at radius 1 is 1.28 bits per heavy atom. The summed E-state index contributed by atoms with van der Waals surface area (Å²) in [4.78, 5) is 15.2. The molecule has 0 saturated heterocycles. The van der Waals surface area contributed by atoms with Crippen LogP contribution < -0.4 is 11.5 Å². The topological polar surface area (TPSA) is 86.9 Å². The average molecular weight is 244 g/mol. The Kier molecular flexibility index (Phi) is 3.74. The zero-order valence-corrected chi connectivity index (χ0v) is 10.0. The van der Waals surface area contributed by atoms with Crippen LogP contribution in [0.4, 0.5) is 0 Å². The summed E-state index contributed by atoms with van der Waals surface area (Å²) in [5.74, 6) is -0.408. The Bertz CT molecular complexity index is 530. The highest BCUT2D eigenvalue weighted by Gasteiger charge is 2.01. The van der Waals surface area contributed by atoms with Crippen LogP contribution in [-0.2, 0) is 13.0 Å². The fourth-order valence-corrected chi connectivity index (χ4v) is 1.76. The molecule has 1 aromatic carbocycles. The lowest BCUT2D eigenvalue weighted by molar-refractivity contribution is 0.100. The van der Waals surface area contributed by atoms with Crippen molar-refractivity contribution in [1.82, 2.24) is 9.55 Å². The lowest BCUT2D eigenvalue weighted by Gasteiger charge is -2.03. The molecule has 2 rings (SSSR count). The molecule has 94 valence electrons.